The number of fused-ring (bicyclic) bond motifs is 2. The number of rotatable bonds is 1. The van der Waals surface area contributed by atoms with Crippen molar-refractivity contribution in [2.24, 2.45) is 22.9 Å². The Morgan fingerprint density at radius 1 is 1.12 bits per heavy atom. The molecule has 2 amide bonds. The number of hydrazone groups is 1. The Morgan fingerprint density at radius 2 is 1.92 bits per heavy atom. The molecule has 0 radical (unpaired) electrons. The molecule has 4 atom stereocenters. The average Bonchev–Trinajstić information content (AvgIpc) is 3.02. The molecule has 5 heteroatoms. The first-order chi connectivity index (χ1) is 11.5. The van der Waals surface area contributed by atoms with Crippen LogP contribution in [0.2, 0.25) is 0 Å². The van der Waals surface area contributed by atoms with Gasteiger partial charge in [-0.15, -0.1) is 0 Å². The summed E-state index contributed by atoms with van der Waals surface area (Å²) in [4.78, 5) is 24.0. The summed E-state index contributed by atoms with van der Waals surface area (Å²) >= 11 is 0. The van der Waals surface area contributed by atoms with Gasteiger partial charge in [-0.1, -0.05) is 26.3 Å². The number of nitrogens with one attached hydrogen (secondary N) is 2. The molecular weight excluding hydrogens is 302 g/mol. The average molecular weight is 325 g/mol. The first-order valence-electron chi connectivity index (χ1n) is 8.86. The molecule has 1 aliphatic carbocycles. The lowest BCUT2D eigenvalue weighted by atomic mass is 9.82. The van der Waals surface area contributed by atoms with Crippen molar-refractivity contribution in [1.82, 2.24) is 5.43 Å². The second-order valence-electron chi connectivity index (χ2n) is 7.44. The summed E-state index contributed by atoms with van der Waals surface area (Å²) in [6, 6.07) is 6.17. The molecule has 2 N–H and O–H groups in total. The van der Waals surface area contributed by atoms with Crippen LogP contribution in [-0.4, -0.2) is 17.5 Å². The molecule has 0 aromatic heterocycles. The molecule has 4 unspecified atom stereocenters. The maximum atomic E-state index is 12.0. The van der Waals surface area contributed by atoms with Gasteiger partial charge in [-0.2, -0.15) is 5.10 Å². The van der Waals surface area contributed by atoms with Gasteiger partial charge in [0.1, 0.15) is 0 Å². The Hall–Kier alpha value is -2.17. The van der Waals surface area contributed by atoms with Gasteiger partial charge in [0, 0.05) is 23.9 Å². The molecule has 0 saturated heterocycles. The molecule has 126 valence electrons. The minimum absolute atomic E-state index is 0.0604. The van der Waals surface area contributed by atoms with Gasteiger partial charge in [0.2, 0.25) is 11.8 Å². The van der Waals surface area contributed by atoms with Gasteiger partial charge >= 0.3 is 0 Å². The van der Waals surface area contributed by atoms with Gasteiger partial charge in [0.05, 0.1) is 5.71 Å². The molecule has 2 aliphatic heterocycles. The van der Waals surface area contributed by atoms with Crippen LogP contribution in [0.25, 0.3) is 0 Å². The normalized spacial score (nSPS) is 32.2. The maximum absolute atomic E-state index is 12.0. The highest BCUT2D eigenvalue weighted by Crippen LogP contribution is 2.39. The molecule has 1 aromatic carbocycles. The highest BCUT2D eigenvalue weighted by atomic mass is 16.2. The lowest BCUT2D eigenvalue weighted by Gasteiger charge is -2.26. The van der Waals surface area contributed by atoms with Crippen LogP contribution < -0.4 is 10.7 Å². The summed E-state index contributed by atoms with van der Waals surface area (Å²) in [6.45, 7) is 4.30. The topological polar surface area (TPSA) is 70.6 Å². The molecule has 5 nitrogen and oxygen atoms in total. The van der Waals surface area contributed by atoms with Crippen molar-refractivity contribution in [3.05, 3.63) is 29.3 Å². The van der Waals surface area contributed by atoms with E-state index in [9.17, 15) is 9.59 Å². The monoisotopic (exact) mass is 325 g/mol. The van der Waals surface area contributed by atoms with Crippen molar-refractivity contribution < 1.29 is 9.59 Å². The van der Waals surface area contributed by atoms with E-state index in [1.54, 1.807) is 0 Å². The number of amides is 2. The zero-order chi connectivity index (χ0) is 16.8. The zero-order valence-corrected chi connectivity index (χ0v) is 14.1. The summed E-state index contributed by atoms with van der Waals surface area (Å²) in [5.74, 6) is 1.03. The Kier molecular flexibility index (Phi) is 3.66. The molecule has 1 aromatic rings. The number of nitrogens with zero attached hydrogens (tertiary/aromatic N) is 1. The van der Waals surface area contributed by atoms with Crippen molar-refractivity contribution in [2.75, 3.05) is 5.32 Å². The van der Waals surface area contributed by atoms with E-state index in [0.29, 0.717) is 18.3 Å². The number of carbonyl (C=O) groups excluding carboxylic acids is 2. The Morgan fingerprint density at radius 3 is 2.75 bits per heavy atom. The van der Waals surface area contributed by atoms with Crippen LogP contribution in [0.5, 0.6) is 0 Å². The third kappa shape index (κ3) is 2.43. The van der Waals surface area contributed by atoms with Crippen molar-refractivity contribution in [1.29, 1.82) is 0 Å². The van der Waals surface area contributed by atoms with E-state index >= 15 is 0 Å². The largest absolute Gasteiger partial charge is 0.326 e. The summed E-state index contributed by atoms with van der Waals surface area (Å²) in [7, 11) is 0. The number of carbonyl (C=O) groups is 2. The lowest BCUT2D eigenvalue weighted by Crippen LogP contribution is -2.39. The van der Waals surface area contributed by atoms with E-state index in [4.69, 9.17) is 0 Å². The number of hydrogen-bond acceptors (Lipinski definition) is 3. The first-order valence-corrected chi connectivity index (χ1v) is 8.86. The van der Waals surface area contributed by atoms with Crippen LogP contribution in [0.4, 0.5) is 5.69 Å². The van der Waals surface area contributed by atoms with E-state index < -0.39 is 0 Å². The quantitative estimate of drug-likeness (QED) is 0.833. The smallest absolute Gasteiger partial charge is 0.243 e. The predicted octanol–water partition coefficient (Wildman–Crippen LogP) is 3.02. The van der Waals surface area contributed by atoms with Crippen LogP contribution in [-0.2, 0) is 9.59 Å². The first kappa shape index (κ1) is 15.4. The van der Waals surface area contributed by atoms with Crippen LogP contribution in [0, 0.1) is 17.8 Å². The van der Waals surface area contributed by atoms with Crippen LogP contribution in [0.3, 0.4) is 0 Å². The molecule has 24 heavy (non-hydrogen) atoms. The molecule has 3 aliphatic rings. The second kappa shape index (κ2) is 5.72. The molecule has 0 spiro atoms. The highest BCUT2D eigenvalue weighted by molar-refractivity contribution is 6.07. The van der Waals surface area contributed by atoms with Crippen molar-refractivity contribution in [3.8, 4) is 0 Å². The zero-order valence-electron chi connectivity index (χ0n) is 14.1. The van der Waals surface area contributed by atoms with E-state index in [2.05, 4.69) is 35.8 Å². The van der Waals surface area contributed by atoms with Crippen molar-refractivity contribution >= 4 is 23.2 Å². The lowest BCUT2D eigenvalue weighted by molar-refractivity contribution is -0.126. The standard InChI is InChI=1S/C19H23N3O2/c1-10-8-17(23)20-16-7-6-12(9-15(16)11(10)2)18-13-4-3-5-14(13)19(24)22-21-18/h6-7,9-11,13-14H,3-5,8H2,1-2H3,(H,20,23)(H,22,24). The molecular formula is C19H23N3O2. The summed E-state index contributed by atoms with van der Waals surface area (Å²) < 4.78 is 0. The van der Waals surface area contributed by atoms with Crippen molar-refractivity contribution in [3.63, 3.8) is 0 Å². The Bertz CT molecular complexity index is 740. The minimum atomic E-state index is 0.0604. The summed E-state index contributed by atoms with van der Waals surface area (Å²) in [5, 5.41) is 7.40. The molecule has 2 heterocycles. The number of benzene rings is 1. The van der Waals surface area contributed by atoms with Gasteiger partial charge in [-0.3, -0.25) is 9.59 Å². The minimum Gasteiger partial charge on any atom is -0.326 e. The molecule has 0 bridgehead atoms. The van der Waals surface area contributed by atoms with E-state index in [0.717, 1.165) is 36.2 Å². The van der Waals surface area contributed by atoms with Crippen LogP contribution in [0.15, 0.2) is 23.3 Å². The highest BCUT2D eigenvalue weighted by Gasteiger charge is 2.39. The van der Waals surface area contributed by atoms with Gasteiger partial charge in [-0.25, -0.2) is 5.43 Å². The third-order valence-corrected chi connectivity index (χ3v) is 5.96. The summed E-state index contributed by atoms with van der Waals surface area (Å²) in [6.07, 6.45) is 3.60. The van der Waals surface area contributed by atoms with Crippen LogP contribution in [0.1, 0.15) is 56.6 Å². The summed E-state index contributed by atoms with van der Waals surface area (Å²) in [5.41, 5.74) is 6.84. The maximum Gasteiger partial charge on any atom is 0.243 e. The van der Waals surface area contributed by atoms with Gasteiger partial charge < -0.3 is 5.32 Å². The second-order valence-corrected chi connectivity index (χ2v) is 7.44. The van der Waals surface area contributed by atoms with Crippen LogP contribution >= 0.6 is 0 Å². The van der Waals surface area contributed by atoms with E-state index in [1.165, 1.54) is 5.56 Å². The Labute approximate surface area is 141 Å². The SMILES string of the molecule is CC1CC(=O)Nc2ccc(C3=NNC(=O)C4CCCC34)cc2C1C. The fourth-order valence-electron chi connectivity index (χ4n) is 4.35. The van der Waals surface area contributed by atoms with Gasteiger partial charge in [0.15, 0.2) is 0 Å². The molecule has 4 rings (SSSR count). The molecule has 1 fully saturated rings. The number of anilines is 1. The van der Waals surface area contributed by atoms with E-state index in [-0.39, 0.29) is 23.7 Å². The Balaban J connectivity index is 1.74. The van der Waals surface area contributed by atoms with Gasteiger partial charge in [-0.05, 0) is 47.9 Å². The van der Waals surface area contributed by atoms with Gasteiger partial charge in [0.25, 0.3) is 0 Å². The van der Waals surface area contributed by atoms with Crippen molar-refractivity contribution in [2.45, 2.75) is 45.4 Å². The predicted molar refractivity (Wildman–Crippen MR) is 92.8 cm³/mol. The van der Waals surface area contributed by atoms with E-state index in [1.807, 2.05) is 12.1 Å². The fourth-order valence-corrected chi connectivity index (χ4v) is 4.35. The number of hydrogen-bond donors (Lipinski definition) is 2. The molecule has 1 saturated carbocycles. The third-order valence-electron chi connectivity index (χ3n) is 5.96. The fraction of sp³-hybridized carbons (Fsp3) is 0.526.